The third-order valence-electron chi connectivity index (χ3n) is 4.98. The molecule has 132 valence electrons. The van der Waals surface area contributed by atoms with Crippen LogP contribution in [0, 0.1) is 5.41 Å². The number of carbonyl (C=O) groups excluding carboxylic acids is 1. The Morgan fingerprint density at radius 2 is 1.83 bits per heavy atom. The van der Waals surface area contributed by atoms with E-state index in [1.54, 1.807) is 17.2 Å². The maximum Gasteiger partial charge on any atom is 0.142 e. The molecule has 1 heteroatoms. The molecule has 0 radical (unpaired) electrons. The Labute approximate surface area is 144 Å². The minimum absolute atomic E-state index is 0.497. The molecule has 1 aliphatic carbocycles. The molecule has 0 N–H and O–H groups in total. The second-order valence-electron chi connectivity index (χ2n) is 7.44. The van der Waals surface area contributed by atoms with Crippen LogP contribution in [0.4, 0.5) is 0 Å². The Balaban J connectivity index is 0.000000422. The van der Waals surface area contributed by atoms with Gasteiger partial charge >= 0.3 is 0 Å². The van der Waals surface area contributed by atoms with Crippen LogP contribution in [-0.4, -0.2) is 6.29 Å². The highest BCUT2D eigenvalue weighted by molar-refractivity contribution is 5.65. The SMILES string of the molecule is CC/C(C)=C/CC/C(C)=C/C=O.CCC1=C(C)CCCC1(C)C. The molecule has 0 bridgehead atoms. The molecule has 1 aliphatic rings. The zero-order chi connectivity index (χ0) is 17.9. The molecule has 0 atom stereocenters. The van der Waals surface area contributed by atoms with Crippen LogP contribution in [0.2, 0.25) is 0 Å². The van der Waals surface area contributed by atoms with Crippen molar-refractivity contribution in [2.75, 3.05) is 0 Å². The molecular formula is C22H38O. The zero-order valence-corrected chi connectivity index (χ0v) is 16.6. The Morgan fingerprint density at radius 3 is 2.26 bits per heavy atom. The van der Waals surface area contributed by atoms with Gasteiger partial charge in [0.15, 0.2) is 0 Å². The van der Waals surface area contributed by atoms with Gasteiger partial charge in [0.1, 0.15) is 6.29 Å². The molecule has 1 nitrogen and oxygen atoms in total. The van der Waals surface area contributed by atoms with E-state index >= 15 is 0 Å². The molecule has 1 rings (SSSR count). The summed E-state index contributed by atoms with van der Waals surface area (Å²) < 4.78 is 0. The summed E-state index contributed by atoms with van der Waals surface area (Å²) in [6.07, 6.45) is 13.3. The highest BCUT2D eigenvalue weighted by Gasteiger charge is 2.26. The lowest BCUT2D eigenvalue weighted by atomic mass is 9.72. The van der Waals surface area contributed by atoms with Crippen LogP contribution in [0.25, 0.3) is 0 Å². The van der Waals surface area contributed by atoms with Gasteiger partial charge in [0.25, 0.3) is 0 Å². The van der Waals surface area contributed by atoms with E-state index in [1.165, 1.54) is 31.3 Å². The Morgan fingerprint density at radius 1 is 1.17 bits per heavy atom. The summed E-state index contributed by atoms with van der Waals surface area (Å²) in [5, 5.41) is 0. The minimum Gasteiger partial charge on any atom is -0.299 e. The lowest BCUT2D eigenvalue weighted by Crippen LogP contribution is -2.19. The summed E-state index contributed by atoms with van der Waals surface area (Å²) in [5.74, 6) is 0. The summed E-state index contributed by atoms with van der Waals surface area (Å²) in [7, 11) is 0. The third kappa shape index (κ3) is 8.93. The average Bonchev–Trinajstić information content (AvgIpc) is 2.47. The molecule has 23 heavy (non-hydrogen) atoms. The van der Waals surface area contributed by atoms with Crippen molar-refractivity contribution < 1.29 is 4.79 Å². The van der Waals surface area contributed by atoms with Crippen LogP contribution >= 0.6 is 0 Å². The van der Waals surface area contributed by atoms with Gasteiger partial charge in [0.05, 0.1) is 0 Å². The molecular weight excluding hydrogens is 280 g/mol. The van der Waals surface area contributed by atoms with Crippen molar-refractivity contribution in [3.63, 3.8) is 0 Å². The van der Waals surface area contributed by atoms with Crippen LogP contribution in [0.1, 0.15) is 93.4 Å². The van der Waals surface area contributed by atoms with Crippen molar-refractivity contribution in [2.45, 2.75) is 93.4 Å². The van der Waals surface area contributed by atoms with Crippen molar-refractivity contribution in [2.24, 2.45) is 5.41 Å². The molecule has 0 aliphatic heterocycles. The maximum atomic E-state index is 10.1. The Hall–Kier alpha value is -1.11. The van der Waals surface area contributed by atoms with Gasteiger partial charge in [-0.1, -0.05) is 56.1 Å². The molecule has 0 saturated heterocycles. The van der Waals surface area contributed by atoms with Gasteiger partial charge in [0.2, 0.25) is 0 Å². The fourth-order valence-electron chi connectivity index (χ4n) is 3.35. The summed E-state index contributed by atoms with van der Waals surface area (Å²) in [5.41, 5.74) is 6.45. The van der Waals surface area contributed by atoms with E-state index in [0.717, 1.165) is 31.1 Å². The summed E-state index contributed by atoms with van der Waals surface area (Å²) in [6.45, 7) is 15.6. The topological polar surface area (TPSA) is 17.1 Å². The van der Waals surface area contributed by atoms with E-state index in [9.17, 15) is 4.79 Å². The highest BCUT2D eigenvalue weighted by atomic mass is 16.1. The molecule has 0 aromatic rings. The first-order chi connectivity index (χ1) is 10.8. The maximum absolute atomic E-state index is 10.1. The Bertz CT molecular complexity index is 447. The van der Waals surface area contributed by atoms with Crippen molar-refractivity contribution in [1.82, 2.24) is 0 Å². The van der Waals surface area contributed by atoms with Crippen LogP contribution in [0.15, 0.2) is 34.4 Å². The molecule has 0 heterocycles. The minimum atomic E-state index is 0.497. The first kappa shape index (κ1) is 21.9. The van der Waals surface area contributed by atoms with E-state index in [0.29, 0.717) is 5.41 Å². The van der Waals surface area contributed by atoms with Crippen molar-refractivity contribution >= 4 is 6.29 Å². The zero-order valence-electron chi connectivity index (χ0n) is 16.6. The van der Waals surface area contributed by atoms with E-state index in [-0.39, 0.29) is 0 Å². The van der Waals surface area contributed by atoms with E-state index < -0.39 is 0 Å². The van der Waals surface area contributed by atoms with Gasteiger partial charge in [-0.25, -0.2) is 0 Å². The van der Waals surface area contributed by atoms with Gasteiger partial charge in [-0.15, -0.1) is 0 Å². The van der Waals surface area contributed by atoms with Crippen LogP contribution < -0.4 is 0 Å². The summed E-state index contributed by atoms with van der Waals surface area (Å²) in [6, 6.07) is 0. The monoisotopic (exact) mass is 318 g/mol. The predicted molar refractivity (Wildman–Crippen MR) is 104 cm³/mol. The van der Waals surface area contributed by atoms with E-state index in [1.807, 2.05) is 6.92 Å². The van der Waals surface area contributed by atoms with Crippen molar-refractivity contribution in [1.29, 1.82) is 0 Å². The lowest BCUT2D eigenvalue weighted by molar-refractivity contribution is -0.104. The van der Waals surface area contributed by atoms with Gasteiger partial charge in [-0.3, -0.25) is 4.79 Å². The van der Waals surface area contributed by atoms with Crippen LogP contribution in [-0.2, 0) is 4.79 Å². The first-order valence-electron chi connectivity index (χ1n) is 9.24. The second-order valence-corrected chi connectivity index (χ2v) is 7.44. The lowest BCUT2D eigenvalue weighted by Gasteiger charge is -2.34. The quantitative estimate of drug-likeness (QED) is 0.288. The number of carbonyl (C=O) groups is 1. The van der Waals surface area contributed by atoms with Gasteiger partial charge in [-0.2, -0.15) is 0 Å². The number of hydrogen-bond donors (Lipinski definition) is 0. The predicted octanol–water partition coefficient (Wildman–Crippen LogP) is 7.19. The van der Waals surface area contributed by atoms with Gasteiger partial charge in [0, 0.05) is 0 Å². The fourth-order valence-corrected chi connectivity index (χ4v) is 3.35. The molecule has 0 amide bonds. The summed E-state index contributed by atoms with van der Waals surface area (Å²) in [4.78, 5) is 10.1. The van der Waals surface area contributed by atoms with E-state index in [4.69, 9.17) is 0 Å². The molecule has 0 unspecified atom stereocenters. The molecule has 0 fully saturated rings. The Kier molecular flexibility index (Phi) is 10.9. The highest BCUT2D eigenvalue weighted by Crippen LogP contribution is 2.41. The van der Waals surface area contributed by atoms with Gasteiger partial charge in [-0.05, 0) is 77.2 Å². The smallest absolute Gasteiger partial charge is 0.142 e. The van der Waals surface area contributed by atoms with Crippen molar-refractivity contribution in [3.05, 3.63) is 34.4 Å². The normalized spacial score (nSPS) is 18.4. The molecule has 0 aromatic heterocycles. The molecule has 0 saturated carbocycles. The number of allylic oxidation sites excluding steroid dienone is 6. The van der Waals surface area contributed by atoms with Gasteiger partial charge < -0.3 is 0 Å². The standard InChI is InChI=1S/C11H18O.C11H20/c1-4-10(2)6-5-7-11(3)8-9-12;1-5-10-9(2)7-6-8-11(10,3)4/h6,8-9H,4-5,7H2,1-3H3;5-8H2,1-4H3/b10-6+,11-8+;. The average molecular weight is 319 g/mol. The third-order valence-corrected chi connectivity index (χ3v) is 4.98. The number of hydrogen-bond acceptors (Lipinski definition) is 1. The van der Waals surface area contributed by atoms with E-state index in [2.05, 4.69) is 47.6 Å². The molecule has 0 spiro atoms. The van der Waals surface area contributed by atoms with Crippen LogP contribution in [0.5, 0.6) is 0 Å². The number of rotatable bonds is 6. The summed E-state index contributed by atoms with van der Waals surface area (Å²) >= 11 is 0. The first-order valence-corrected chi connectivity index (χ1v) is 9.24. The largest absolute Gasteiger partial charge is 0.299 e. The molecule has 0 aromatic carbocycles. The number of aldehydes is 1. The fraction of sp³-hybridized carbons (Fsp3) is 0.682. The van der Waals surface area contributed by atoms with Crippen LogP contribution in [0.3, 0.4) is 0 Å². The second kappa shape index (κ2) is 11.4. The van der Waals surface area contributed by atoms with Crippen molar-refractivity contribution in [3.8, 4) is 0 Å².